The summed E-state index contributed by atoms with van der Waals surface area (Å²) < 4.78 is 5.67. The number of ether oxygens (including phenoxy) is 1. The van der Waals surface area contributed by atoms with Crippen LogP contribution in [-0.4, -0.2) is 6.61 Å². The summed E-state index contributed by atoms with van der Waals surface area (Å²) in [7, 11) is 0. The largest absolute Gasteiger partial charge is 0.494 e. The smallest absolute Gasteiger partial charge is 0.119 e. The number of rotatable bonds is 8. The molecule has 21 heavy (non-hydrogen) atoms. The van der Waals surface area contributed by atoms with Crippen LogP contribution >= 0.6 is 11.3 Å². The summed E-state index contributed by atoms with van der Waals surface area (Å²) in [6.07, 6.45) is 2.28. The molecule has 1 heterocycles. The highest BCUT2D eigenvalue weighted by Gasteiger charge is 2.01. The van der Waals surface area contributed by atoms with Gasteiger partial charge in [0.15, 0.2) is 0 Å². The topological polar surface area (TPSA) is 21.3 Å². The Kier molecular flexibility index (Phi) is 6.27. The van der Waals surface area contributed by atoms with Gasteiger partial charge in [0, 0.05) is 22.8 Å². The Morgan fingerprint density at radius 2 is 1.86 bits per heavy atom. The molecule has 3 heteroatoms. The van der Waals surface area contributed by atoms with Crippen LogP contribution in [0.5, 0.6) is 5.75 Å². The summed E-state index contributed by atoms with van der Waals surface area (Å²) in [6, 6.07) is 10.7. The van der Waals surface area contributed by atoms with Crippen molar-refractivity contribution >= 4 is 11.3 Å². The van der Waals surface area contributed by atoms with Gasteiger partial charge in [0.25, 0.3) is 0 Å². The minimum Gasteiger partial charge on any atom is -0.494 e. The number of aryl methyl sites for hydroxylation is 2. The second kappa shape index (κ2) is 8.20. The lowest BCUT2D eigenvalue weighted by Gasteiger charge is -2.07. The van der Waals surface area contributed by atoms with Crippen LogP contribution in [0.4, 0.5) is 0 Å². The summed E-state index contributed by atoms with van der Waals surface area (Å²) in [4.78, 5) is 2.82. The van der Waals surface area contributed by atoms with Crippen LogP contribution < -0.4 is 10.1 Å². The molecule has 0 fully saturated rings. The maximum Gasteiger partial charge on any atom is 0.119 e. The lowest BCUT2D eigenvalue weighted by molar-refractivity contribution is 0.309. The average Bonchev–Trinajstić information content (AvgIpc) is 2.80. The van der Waals surface area contributed by atoms with E-state index in [-0.39, 0.29) is 0 Å². The molecule has 0 aliphatic rings. The van der Waals surface area contributed by atoms with Crippen LogP contribution in [-0.2, 0) is 13.1 Å². The molecule has 2 nitrogen and oxygen atoms in total. The van der Waals surface area contributed by atoms with Gasteiger partial charge in [-0.3, -0.25) is 0 Å². The quantitative estimate of drug-likeness (QED) is 0.705. The van der Waals surface area contributed by atoms with Gasteiger partial charge in [-0.05, 0) is 49.6 Å². The van der Waals surface area contributed by atoms with E-state index in [1.807, 2.05) is 11.3 Å². The van der Waals surface area contributed by atoms with E-state index in [4.69, 9.17) is 4.74 Å². The SMILES string of the molecule is CCCCOc1ccc(CNCc2cc(C)c(C)s2)cc1. The van der Waals surface area contributed by atoms with Crippen molar-refractivity contribution in [3.63, 3.8) is 0 Å². The van der Waals surface area contributed by atoms with Gasteiger partial charge in [-0.25, -0.2) is 0 Å². The second-order valence-corrected chi connectivity index (χ2v) is 6.74. The van der Waals surface area contributed by atoms with Crippen molar-refractivity contribution in [1.29, 1.82) is 0 Å². The van der Waals surface area contributed by atoms with Crippen molar-refractivity contribution < 1.29 is 4.74 Å². The maximum atomic E-state index is 5.67. The van der Waals surface area contributed by atoms with Gasteiger partial charge in [0.1, 0.15) is 5.75 Å². The molecule has 2 rings (SSSR count). The van der Waals surface area contributed by atoms with Gasteiger partial charge < -0.3 is 10.1 Å². The number of hydrogen-bond donors (Lipinski definition) is 1. The van der Waals surface area contributed by atoms with Crippen molar-refractivity contribution in [2.45, 2.75) is 46.7 Å². The highest BCUT2D eigenvalue weighted by Crippen LogP contribution is 2.20. The summed E-state index contributed by atoms with van der Waals surface area (Å²) in [6.45, 7) is 9.17. The van der Waals surface area contributed by atoms with E-state index in [9.17, 15) is 0 Å². The normalized spacial score (nSPS) is 10.8. The lowest BCUT2D eigenvalue weighted by atomic mass is 10.2. The second-order valence-electron chi connectivity index (χ2n) is 5.40. The highest BCUT2D eigenvalue weighted by atomic mass is 32.1. The van der Waals surface area contributed by atoms with E-state index >= 15 is 0 Å². The van der Waals surface area contributed by atoms with Gasteiger partial charge in [-0.2, -0.15) is 0 Å². The molecular weight excluding hydrogens is 278 g/mol. The summed E-state index contributed by atoms with van der Waals surface area (Å²) >= 11 is 1.88. The van der Waals surface area contributed by atoms with Crippen molar-refractivity contribution in [1.82, 2.24) is 5.32 Å². The molecule has 1 aromatic carbocycles. The Balaban J connectivity index is 1.75. The van der Waals surface area contributed by atoms with Gasteiger partial charge >= 0.3 is 0 Å². The lowest BCUT2D eigenvalue weighted by Crippen LogP contribution is -2.11. The van der Waals surface area contributed by atoms with Crippen molar-refractivity contribution in [2.75, 3.05) is 6.61 Å². The number of nitrogens with one attached hydrogen (secondary N) is 1. The zero-order valence-corrected chi connectivity index (χ0v) is 14.1. The van der Waals surface area contributed by atoms with Crippen LogP contribution in [0.25, 0.3) is 0 Å². The van der Waals surface area contributed by atoms with Crippen molar-refractivity contribution in [3.8, 4) is 5.75 Å². The number of unbranched alkanes of at least 4 members (excludes halogenated alkanes) is 1. The number of thiophene rings is 1. The monoisotopic (exact) mass is 303 g/mol. The van der Waals surface area contributed by atoms with Crippen LogP contribution in [0.1, 0.15) is 40.6 Å². The molecule has 0 amide bonds. The Morgan fingerprint density at radius 1 is 1.10 bits per heavy atom. The molecule has 2 aromatic rings. The third kappa shape index (κ3) is 5.18. The molecule has 0 aliphatic carbocycles. The molecule has 114 valence electrons. The first-order valence-corrected chi connectivity index (χ1v) is 8.49. The standard InChI is InChI=1S/C18H25NOS/c1-4-5-10-20-17-8-6-16(7-9-17)12-19-13-18-11-14(2)15(3)21-18/h6-9,11,19H,4-5,10,12-13H2,1-3H3. The molecule has 1 N–H and O–H groups in total. The molecule has 0 unspecified atom stereocenters. The van der Waals surface area contributed by atoms with Gasteiger partial charge in [0.05, 0.1) is 6.61 Å². The number of benzene rings is 1. The predicted octanol–water partition coefficient (Wildman–Crippen LogP) is 4.83. The van der Waals surface area contributed by atoms with E-state index in [2.05, 4.69) is 56.4 Å². The van der Waals surface area contributed by atoms with E-state index in [0.29, 0.717) is 0 Å². The third-order valence-electron chi connectivity index (χ3n) is 3.54. The first kappa shape index (κ1) is 16.1. The van der Waals surface area contributed by atoms with Crippen molar-refractivity contribution in [2.24, 2.45) is 0 Å². The highest BCUT2D eigenvalue weighted by molar-refractivity contribution is 7.12. The minimum absolute atomic E-state index is 0.811. The Hall–Kier alpha value is -1.32. The molecule has 0 saturated heterocycles. The Labute approximate surface area is 132 Å². The fourth-order valence-electron chi connectivity index (χ4n) is 2.10. The third-order valence-corrected chi connectivity index (χ3v) is 4.69. The summed E-state index contributed by atoms with van der Waals surface area (Å²) in [5, 5.41) is 3.50. The van der Waals surface area contributed by atoms with Gasteiger partial charge in [0.2, 0.25) is 0 Å². The summed E-state index contributed by atoms with van der Waals surface area (Å²) in [5.74, 6) is 0.969. The predicted molar refractivity (Wildman–Crippen MR) is 91.2 cm³/mol. The molecule has 0 atom stereocenters. The first-order chi connectivity index (χ1) is 10.2. The average molecular weight is 303 g/mol. The molecule has 0 saturated carbocycles. The van der Waals surface area contributed by atoms with Gasteiger partial charge in [-0.1, -0.05) is 25.5 Å². The summed E-state index contributed by atoms with van der Waals surface area (Å²) in [5.41, 5.74) is 2.69. The Bertz CT molecular complexity index is 525. The van der Waals surface area contributed by atoms with Crippen molar-refractivity contribution in [3.05, 3.63) is 51.2 Å². The first-order valence-electron chi connectivity index (χ1n) is 7.67. The zero-order valence-electron chi connectivity index (χ0n) is 13.2. The number of hydrogen-bond acceptors (Lipinski definition) is 3. The fourth-order valence-corrected chi connectivity index (χ4v) is 3.13. The molecule has 1 aromatic heterocycles. The van der Waals surface area contributed by atoms with Crippen LogP contribution in [0, 0.1) is 13.8 Å². The fraction of sp³-hybridized carbons (Fsp3) is 0.444. The van der Waals surface area contributed by atoms with E-state index in [1.54, 1.807) is 0 Å². The van der Waals surface area contributed by atoms with Crippen LogP contribution in [0.15, 0.2) is 30.3 Å². The van der Waals surface area contributed by atoms with E-state index < -0.39 is 0 Å². The minimum atomic E-state index is 0.811. The zero-order chi connectivity index (χ0) is 15.1. The van der Waals surface area contributed by atoms with E-state index in [0.717, 1.165) is 31.9 Å². The molecular formula is C18H25NOS. The van der Waals surface area contributed by atoms with E-state index in [1.165, 1.54) is 27.3 Å². The molecule has 0 bridgehead atoms. The molecule has 0 radical (unpaired) electrons. The van der Waals surface area contributed by atoms with Crippen LogP contribution in [0.3, 0.4) is 0 Å². The Morgan fingerprint density at radius 3 is 2.48 bits per heavy atom. The molecule has 0 spiro atoms. The maximum absolute atomic E-state index is 5.67. The molecule has 0 aliphatic heterocycles. The van der Waals surface area contributed by atoms with Crippen LogP contribution in [0.2, 0.25) is 0 Å². The van der Waals surface area contributed by atoms with Gasteiger partial charge in [-0.15, -0.1) is 11.3 Å².